The highest BCUT2D eigenvalue weighted by Gasteiger charge is 2.36. The van der Waals surface area contributed by atoms with Crippen molar-refractivity contribution in [1.29, 1.82) is 0 Å². The van der Waals surface area contributed by atoms with Gasteiger partial charge in [0.1, 0.15) is 0 Å². The van der Waals surface area contributed by atoms with Gasteiger partial charge < -0.3 is 10.0 Å². The molecule has 4 heteroatoms. The van der Waals surface area contributed by atoms with E-state index in [2.05, 4.69) is 15.9 Å². The zero-order valence-electron chi connectivity index (χ0n) is 11.6. The van der Waals surface area contributed by atoms with Crippen LogP contribution in [0.15, 0.2) is 22.7 Å². The van der Waals surface area contributed by atoms with Crippen molar-refractivity contribution in [2.24, 2.45) is 5.41 Å². The van der Waals surface area contributed by atoms with Gasteiger partial charge in [-0.15, -0.1) is 0 Å². The second-order valence-electron chi connectivity index (χ2n) is 6.04. The summed E-state index contributed by atoms with van der Waals surface area (Å²) in [6, 6.07) is 5.75. The maximum Gasteiger partial charge on any atom is 0.253 e. The van der Waals surface area contributed by atoms with Crippen molar-refractivity contribution in [3.8, 4) is 0 Å². The SMILES string of the molecule is Cc1cc(Br)cc(C(=O)N2CCC(O)C(C)(C)C2)c1. The molecule has 1 aliphatic rings. The third-order valence-electron chi connectivity index (χ3n) is 3.75. The topological polar surface area (TPSA) is 40.5 Å². The van der Waals surface area contributed by atoms with Gasteiger partial charge in [0.15, 0.2) is 0 Å². The lowest BCUT2D eigenvalue weighted by Gasteiger charge is -2.41. The smallest absolute Gasteiger partial charge is 0.253 e. The summed E-state index contributed by atoms with van der Waals surface area (Å²) in [7, 11) is 0. The van der Waals surface area contributed by atoms with Crippen molar-refractivity contribution >= 4 is 21.8 Å². The Bertz CT molecular complexity index is 479. The van der Waals surface area contributed by atoms with Crippen LogP contribution in [0.4, 0.5) is 0 Å². The Morgan fingerprint density at radius 3 is 2.68 bits per heavy atom. The zero-order chi connectivity index (χ0) is 14.2. The number of piperidine rings is 1. The number of aliphatic hydroxyl groups is 1. The molecule has 0 saturated carbocycles. The molecule has 1 aromatic rings. The largest absolute Gasteiger partial charge is 0.392 e. The maximum absolute atomic E-state index is 12.5. The number of likely N-dealkylation sites (tertiary alicyclic amines) is 1. The molecule has 1 fully saturated rings. The highest BCUT2D eigenvalue weighted by molar-refractivity contribution is 9.10. The second kappa shape index (κ2) is 5.25. The van der Waals surface area contributed by atoms with Gasteiger partial charge in [0, 0.05) is 28.5 Å². The minimum absolute atomic E-state index is 0.0457. The lowest BCUT2D eigenvalue weighted by atomic mass is 9.81. The van der Waals surface area contributed by atoms with Gasteiger partial charge in [0.2, 0.25) is 0 Å². The van der Waals surface area contributed by atoms with Crippen LogP contribution in [0.25, 0.3) is 0 Å². The molecule has 0 aliphatic carbocycles. The van der Waals surface area contributed by atoms with Crippen LogP contribution in [0.2, 0.25) is 0 Å². The summed E-state index contributed by atoms with van der Waals surface area (Å²) in [6.45, 7) is 7.20. The van der Waals surface area contributed by atoms with Gasteiger partial charge in [-0.2, -0.15) is 0 Å². The predicted octanol–water partition coefficient (Wildman–Crippen LogP) is 2.99. The van der Waals surface area contributed by atoms with Crippen LogP contribution in [0.3, 0.4) is 0 Å². The Labute approximate surface area is 122 Å². The van der Waals surface area contributed by atoms with Gasteiger partial charge in [0.25, 0.3) is 5.91 Å². The highest BCUT2D eigenvalue weighted by Crippen LogP contribution is 2.30. The summed E-state index contributed by atoms with van der Waals surface area (Å²) in [6.07, 6.45) is 0.312. The van der Waals surface area contributed by atoms with E-state index in [0.717, 1.165) is 10.0 Å². The van der Waals surface area contributed by atoms with Gasteiger partial charge in [-0.25, -0.2) is 0 Å². The minimum Gasteiger partial charge on any atom is -0.392 e. The molecule has 0 spiro atoms. The molecule has 1 heterocycles. The Kier molecular flexibility index (Phi) is 4.02. The van der Waals surface area contributed by atoms with E-state index >= 15 is 0 Å². The fourth-order valence-corrected chi connectivity index (χ4v) is 3.17. The highest BCUT2D eigenvalue weighted by atomic mass is 79.9. The van der Waals surface area contributed by atoms with Crippen molar-refractivity contribution in [1.82, 2.24) is 4.90 Å². The summed E-state index contributed by atoms with van der Waals surface area (Å²) in [5.74, 6) is 0.0457. The number of aliphatic hydroxyl groups excluding tert-OH is 1. The first kappa shape index (κ1) is 14.5. The van der Waals surface area contributed by atoms with Crippen LogP contribution in [-0.2, 0) is 0 Å². The number of rotatable bonds is 1. The normalized spacial score (nSPS) is 22.4. The third-order valence-corrected chi connectivity index (χ3v) is 4.21. The van der Waals surface area contributed by atoms with Crippen molar-refractivity contribution in [3.05, 3.63) is 33.8 Å². The van der Waals surface area contributed by atoms with E-state index in [1.165, 1.54) is 0 Å². The van der Waals surface area contributed by atoms with Gasteiger partial charge in [-0.05, 0) is 37.1 Å². The quantitative estimate of drug-likeness (QED) is 0.862. The average Bonchev–Trinajstić information content (AvgIpc) is 2.30. The molecule has 1 unspecified atom stereocenters. The number of carbonyl (C=O) groups excluding carboxylic acids is 1. The molecule has 1 N–H and O–H groups in total. The molecule has 3 nitrogen and oxygen atoms in total. The number of nitrogens with zero attached hydrogens (tertiary/aromatic N) is 1. The fourth-order valence-electron chi connectivity index (χ4n) is 2.56. The first-order valence-corrected chi connectivity index (χ1v) is 7.33. The summed E-state index contributed by atoms with van der Waals surface area (Å²) in [5, 5.41) is 9.95. The van der Waals surface area contributed by atoms with E-state index in [-0.39, 0.29) is 17.4 Å². The number of hydrogen-bond acceptors (Lipinski definition) is 2. The molecule has 1 saturated heterocycles. The van der Waals surface area contributed by atoms with Crippen LogP contribution in [-0.4, -0.2) is 35.1 Å². The van der Waals surface area contributed by atoms with Crippen LogP contribution >= 0.6 is 15.9 Å². The van der Waals surface area contributed by atoms with E-state index in [4.69, 9.17) is 0 Å². The lowest BCUT2D eigenvalue weighted by molar-refractivity contribution is -0.0182. The number of halogens is 1. The van der Waals surface area contributed by atoms with E-state index in [9.17, 15) is 9.90 Å². The van der Waals surface area contributed by atoms with Crippen LogP contribution in [0.5, 0.6) is 0 Å². The van der Waals surface area contributed by atoms with Gasteiger partial charge in [0.05, 0.1) is 6.10 Å². The fraction of sp³-hybridized carbons (Fsp3) is 0.533. The summed E-state index contributed by atoms with van der Waals surface area (Å²) < 4.78 is 0.923. The molecule has 2 rings (SSSR count). The van der Waals surface area contributed by atoms with Gasteiger partial charge >= 0.3 is 0 Å². The molecule has 1 aliphatic heterocycles. The molecule has 1 aromatic carbocycles. The lowest BCUT2D eigenvalue weighted by Crippen LogP contribution is -2.50. The maximum atomic E-state index is 12.5. The summed E-state index contributed by atoms with van der Waals surface area (Å²) >= 11 is 3.43. The number of carbonyl (C=O) groups is 1. The van der Waals surface area contributed by atoms with Crippen LogP contribution in [0, 0.1) is 12.3 Å². The van der Waals surface area contributed by atoms with E-state index in [1.54, 1.807) is 0 Å². The zero-order valence-corrected chi connectivity index (χ0v) is 13.2. The van der Waals surface area contributed by atoms with Gasteiger partial charge in [-0.3, -0.25) is 4.79 Å². The molecular weight excluding hydrogens is 306 g/mol. The first-order valence-electron chi connectivity index (χ1n) is 6.54. The number of benzene rings is 1. The first-order chi connectivity index (χ1) is 8.79. The molecule has 19 heavy (non-hydrogen) atoms. The van der Waals surface area contributed by atoms with Crippen LogP contribution < -0.4 is 0 Å². The Morgan fingerprint density at radius 1 is 1.42 bits per heavy atom. The molecule has 1 amide bonds. The molecule has 0 bridgehead atoms. The van der Waals surface area contributed by atoms with Crippen molar-refractivity contribution in [3.63, 3.8) is 0 Å². The molecular formula is C15H20BrNO2. The number of hydrogen-bond donors (Lipinski definition) is 1. The van der Waals surface area contributed by atoms with Crippen molar-refractivity contribution < 1.29 is 9.90 Å². The number of aryl methyl sites for hydroxylation is 1. The summed E-state index contributed by atoms with van der Waals surface area (Å²) in [4.78, 5) is 14.4. The monoisotopic (exact) mass is 325 g/mol. The van der Waals surface area contributed by atoms with Gasteiger partial charge in [-0.1, -0.05) is 29.8 Å². The number of amides is 1. The minimum atomic E-state index is -0.333. The van der Waals surface area contributed by atoms with E-state index in [1.807, 2.05) is 43.9 Å². The Hall–Kier alpha value is -0.870. The Balaban J connectivity index is 2.20. The van der Waals surface area contributed by atoms with E-state index in [0.29, 0.717) is 25.1 Å². The Morgan fingerprint density at radius 2 is 2.11 bits per heavy atom. The molecule has 1 atom stereocenters. The second-order valence-corrected chi connectivity index (χ2v) is 6.95. The third kappa shape index (κ3) is 3.18. The van der Waals surface area contributed by atoms with E-state index < -0.39 is 0 Å². The predicted molar refractivity (Wildman–Crippen MR) is 79.2 cm³/mol. The molecule has 0 radical (unpaired) electrons. The average molecular weight is 326 g/mol. The molecule has 104 valence electrons. The molecule has 0 aromatic heterocycles. The van der Waals surface area contributed by atoms with Crippen LogP contribution in [0.1, 0.15) is 36.2 Å². The standard InChI is InChI=1S/C15H20BrNO2/c1-10-6-11(8-12(16)7-10)14(19)17-5-4-13(18)15(2,3)9-17/h6-8,13,18H,4-5,9H2,1-3H3. The van der Waals surface area contributed by atoms with Crippen molar-refractivity contribution in [2.75, 3.05) is 13.1 Å². The van der Waals surface area contributed by atoms with Crippen molar-refractivity contribution in [2.45, 2.75) is 33.3 Å². The summed E-state index contributed by atoms with van der Waals surface area (Å²) in [5.41, 5.74) is 1.53.